The van der Waals surface area contributed by atoms with Crippen molar-refractivity contribution >= 4 is 39.6 Å². The standard InChI is InChI=1S/C9H11IN4/c1-5(2)13-7-4-12-9-8(14-7)6(10)3-11-9/h3-5H,1-2H3,(H,11,12)(H,13,14). The fourth-order valence-corrected chi connectivity index (χ4v) is 1.76. The molecule has 0 fully saturated rings. The molecule has 0 atom stereocenters. The average Bonchev–Trinajstić information content (AvgIpc) is 2.47. The Labute approximate surface area is 95.7 Å². The van der Waals surface area contributed by atoms with Crippen LogP contribution in [0.3, 0.4) is 0 Å². The van der Waals surface area contributed by atoms with Crippen LogP contribution in [0.5, 0.6) is 0 Å². The number of nitrogens with zero attached hydrogens (tertiary/aromatic N) is 2. The lowest BCUT2D eigenvalue weighted by Gasteiger charge is -2.07. The van der Waals surface area contributed by atoms with Crippen LogP contribution in [0.15, 0.2) is 12.4 Å². The van der Waals surface area contributed by atoms with E-state index in [1.807, 2.05) is 6.20 Å². The van der Waals surface area contributed by atoms with Crippen molar-refractivity contribution in [2.75, 3.05) is 5.32 Å². The summed E-state index contributed by atoms with van der Waals surface area (Å²) in [6, 6.07) is 0.373. The Morgan fingerprint density at radius 1 is 1.50 bits per heavy atom. The van der Waals surface area contributed by atoms with E-state index in [0.29, 0.717) is 6.04 Å². The van der Waals surface area contributed by atoms with Crippen LogP contribution in [-0.2, 0) is 0 Å². The summed E-state index contributed by atoms with van der Waals surface area (Å²) >= 11 is 2.24. The molecule has 0 unspecified atom stereocenters. The number of rotatable bonds is 2. The van der Waals surface area contributed by atoms with Crippen LogP contribution in [0, 0.1) is 3.57 Å². The van der Waals surface area contributed by atoms with Crippen molar-refractivity contribution < 1.29 is 0 Å². The maximum atomic E-state index is 4.46. The van der Waals surface area contributed by atoms with Crippen LogP contribution in [0.2, 0.25) is 0 Å². The van der Waals surface area contributed by atoms with Crippen molar-refractivity contribution in [2.24, 2.45) is 0 Å². The Kier molecular flexibility index (Phi) is 2.58. The van der Waals surface area contributed by atoms with Crippen molar-refractivity contribution in [3.05, 3.63) is 16.0 Å². The lowest BCUT2D eigenvalue weighted by molar-refractivity contribution is 0.889. The fourth-order valence-electron chi connectivity index (χ4n) is 1.23. The first-order valence-electron chi connectivity index (χ1n) is 4.43. The molecule has 2 aromatic heterocycles. The number of hydrogen-bond acceptors (Lipinski definition) is 3. The molecule has 4 nitrogen and oxygen atoms in total. The minimum atomic E-state index is 0.373. The van der Waals surface area contributed by atoms with Crippen LogP contribution in [0.4, 0.5) is 5.82 Å². The summed E-state index contributed by atoms with van der Waals surface area (Å²) < 4.78 is 1.09. The zero-order chi connectivity index (χ0) is 10.1. The molecule has 0 amide bonds. The van der Waals surface area contributed by atoms with E-state index in [1.54, 1.807) is 6.20 Å². The summed E-state index contributed by atoms with van der Waals surface area (Å²) in [6.07, 6.45) is 3.65. The largest absolute Gasteiger partial charge is 0.367 e. The first-order valence-corrected chi connectivity index (χ1v) is 5.51. The Morgan fingerprint density at radius 2 is 2.29 bits per heavy atom. The van der Waals surface area contributed by atoms with Crippen LogP contribution < -0.4 is 5.32 Å². The van der Waals surface area contributed by atoms with Crippen molar-refractivity contribution in [3.8, 4) is 0 Å². The Hall–Kier alpha value is -0.850. The molecule has 0 spiro atoms. The van der Waals surface area contributed by atoms with Gasteiger partial charge in [-0.05, 0) is 36.4 Å². The van der Waals surface area contributed by atoms with Gasteiger partial charge in [-0.25, -0.2) is 9.97 Å². The maximum absolute atomic E-state index is 4.46. The predicted molar refractivity (Wildman–Crippen MR) is 65.4 cm³/mol. The monoisotopic (exact) mass is 302 g/mol. The zero-order valence-electron chi connectivity index (χ0n) is 8.00. The number of nitrogens with one attached hydrogen (secondary N) is 2. The second-order valence-corrected chi connectivity index (χ2v) is 4.55. The van der Waals surface area contributed by atoms with Gasteiger partial charge in [-0.3, -0.25) is 0 Å². The van der Waals surface area contributed by atoms with E-state index < -0.39 is 0 Å². The zero-order valence-corrected chi connectivity index (χ0v) is 10.2. The topological polar surface area (TPSA) is 53.6 Å². The molecule has 74 valence electrons. The van der Waals surface area contributed by atoms with E-state index in [1.165, 1.54) is 0 Å². The van der Waals surface area contributed by atoms with Gasteiger partial charge in [0, 0.05) is 12.2 Å². The highest BCUT2D eigenvalue weighted by molar-refractivity contribution is 14.1. The quantitative estimate of drug-likeness (QED) is 0.838. The minimum Gasteiger partial charge on any atom is -0.367 e. The van der Waals surface area contributed by atoms with Crippen molar-refractivity contribution in [3.63, 3.8) is 0 Å². The molecule has 0 aliphatic heterocycles. The Morgan fingerprint density at radius 3 is 3.00 bits per heavy atom. The number of anilines is 1. The first kappa shape index (κ1) is 9.70. The van der Waals surface area contributed by atoms with Crippen LogP contribution >= 0.6 is 22.6 Å². The third kappa shape index (κ3) is 1.82. The van der Waals surface area contributed by atoms with Crippen molar-refractivity contribution in [2.45, 2.75) is 19.9 Å². The molecule has 0 saturated carbocycles. The van der Waals surface area contributed by atoms with Gasteiger partial charge in [0.05, 0.1) is 9.77 Å². The van der Waals surface area contributed by atoms with Gasteiger partial charge in [-0.1, -0.05) is 0 Å². The molecule has 2 aromatic rings. The van der Waals surface area contributed by atoms with E-state index >= 15 is 0 Å². The van der Waals surface area contributed by atoms with E-state index in [-0.39, 0.29) is 0 Å². The van der Waals surface area contributed by atoms with Crippen molar-refractivity contribution in [1.29, 1.82) is 0 Å². The molecular weight excluding hydrogens is 291 g/mol. The molecule has 2 heterocycles. The molecule has 2 rings (SSSR count). The Bertz CT molecular complexity index is 449. The fraction of sp³-hybridized carbons (Fsp3) is 0.333. The SMILES string of the molecule is CC(C)Nc1cnc2[nH]cc(I)c2n1. The summed E-state index contributed by atoms with van der Waals surface area (Å²) in [5.41, 5.74) is 1.76. The molecule has 0 radical (unpaired) electrons. The summed E-state index contributed by atoms with van der Waals surface area (Å²) in [5.74, 6) is 0.824. The number of H-pyrrole nitrogens is 1. The molecule has 0 aromatic carbocycles. The van der Waals surface area contributed by atoms with Gasteiger partial charge in [-0.15, -0.1) is 0 Å². The minimum absolute atomic E-state index is 0.373. The van der Waals surface area contributed by atoms with Crippen LogP contribution in [-0.4, -0.2) is 21.0 Å². The van der Waals surface area contributed by atoms with Crippen LogP contribution in [0.1, 0.15) is 13.8 Å². The van der Waals surface area contributed by atoms with Gasteiger partial charge in [0.15, 0.2) is 5.65 Å². The molecule has 5 heteroatoms. The molecule has 0 aliphatic rings. The lowest BCUT2D eigenvalue weighted by Crippen LogP contribution is -2.11. The molecule has 14 heavy (non-hydrogen) atoms. The number of fused-ring (bicyclic) bond motifs is 1. The smallest absolute Gasteiger partial charge is 0.157 e. The van der Waals surface area contributed by atoms with Crippen molar-refractivity contribution in [1.82, 2.24) is 15.0 Å². The summed E-state index contributed by atoms with van der Waals surface area (Å²) in [7, 11) is 0. The number of hydrogen-bond donors (Lipinski definition) is 2. The third-order valence-electron chi connectivity index (χ3n) is 1.77. The van der Waals surface area contributed by atoms with Gasteiger partial charge in [0.2, 0.25) is 0 Å². The molecule has 0 aliphatic carbocycles. The highest BCUT2D eigenvalue weighted by atomic mass is 127. The van der Waals surface area contributed by atoms with E-state index in [4.69, 9.17) is 0 Å². The second-order valence-electron chi connectivity index (χ2n) is 3.39. The van der Waals surface area contributed by atoms with Gasteiger partial charge in [-0.2, -0.15) is 0 Å². The maximum Gasteiger partial charge on any atom is 0.157 e. The summed E-state index contributed by atoms with van der Waals surface area (Å²) in [4.78, 5) is 11.8. The highest BCUT2D eigenvalue weighted by Crippen LogP contribution is 2.17. The predicted octanol–water partition coefficient (Wildman–Crippen LogP) is 2.38. The van der Waals surface area contributed by atoms with Crippen LogP contribution in [0.25, 0.3) is 11.2 Å². The number of aromatic amines is 1. The molecular formula is C9H11IN4. The number of halogens is 1. The Balaban J connectivity index is 2.44. The lowest BCUT2D eigenvalue weighted by atomic mass is 10.4. The molecule has 2 N–H and O–H groups in total. The van der Waals surface area contributed by atoms with Gasteiger partial charge in [0.25, 0.3) is 0 Å². The van der Waals surface area contributed by atoms with Gasteiger partial charge in [0.1, 0.15) is 11.3 Å². The molecule has 0 saturated heterocycles. The van der Waals surface area contributed by atoms with Gasteiger partial charge >= 0.3 is 0 Å². The second kappa shape index (κ2) is 3.72. The third-order valence-corrected chi connectivity index (χ3v) is 2.59. The van der Waals surface area contributed by atoms with E-state index in [9.17, 15) is 0 Å². The van der Waals surface area contributed by atoms with E-state index in [2.05, 4.69) is 56.7 Å². The van der Waals surface area contributed by atoms with Gasteiger partial charge < -0.3 is 10.3 Å². The van der Waals surface area contributed by atoms with E-state index in [0.717, 1.165) is 20.6 Å². The average molecular weight is 302 g/mol. The first-order chi connectivity index (χ1) is 6.66. The summed E-state index contributed by atoms with van der Waals surface area (Å²) in [5, 5.41) is 3.22. The normalized spacial score (nSPS) is 11.1. The summed E-state index contributed by atoms with van der Waals surface area (Å²) in [6.45, 7) is 4.15. The molecule has 0 bridgehead atoms. The highest BCUT2D eigenvalue weighted by Gasteiger charge is 2.05. The number of aromatic nitrogens is 3.